The molecule has 0 aliphatic carbocycles. The molecule has 0 saturated heterocycles. The summed E-state index contributed by atoms with van der Waals surface area (Å²) in [6.45, 7) is 0. The van der Waals surface area contributed by atoms with Gasteiger partial charge in [0.15, 0.2) is 11.0 Å². The number of aromatic amines is 1. The number of sulfonamides is 1. The van der Waals surface area contributed by atoms with E-state index in [1.165, 1.54) is 18.5 Å². The highest BCUT2D eigenvalue weighted by molar-refractivity contribution is 7.92. The molecule has 2 N–H and O–H groups in total. The van der Waals surface area contributed by atoms with Gasteiger partial charge in [-0.1, -0.05) is 23.7 Å². The number of nitrogens with zero attached hydrogens (tertiary/aromatic N) is 2. The summed E-state index contributed by atoms with van der Waals surface area (Å²) in [5.41, 5.74) is 1.16. The molecule has 0 saturated carbocycles. The number of H-pyrrole nitrogens is 1. The van der Waals surface area contributed by atoms with E-state index in [0.717, 1.165) is 0 Å². The SMILES string of the molecule is O=S(=O)(Nc1nc2ccccc2nc1Cl)c1cc[nH]c1. The molecule has 0 aliphatic heterocycles. The summed E-state index contributed by atoms with van der Waals surface area (Å²) in [7, 11) is -3.73. The third-order valence-corrected chi connectivity index (χ3v) is 4.24. The van der Waals surface area contributed by atoms with Crippen molar-refractivity contribution in [2.75, 3.05) is 4.72 Å². The number of benzene rings is 1. The summed E-state index contributed by atoms with van der Waals surface area (Å²) in [4.78, 5) is 11.1. The zero-order valence-electron chi connectivity index (χ0n) is 10.0. The van der Waals surface area contributed by atoms with Gasteiger partial charge in [-0.2, -0.15) is 0 Å². The van der Waals surface area contributed by atoms with Gasteiger partial charge in [0.25, 0.3) is 10.0 Å². The molecule has 0 radical (unpaired) electrons. The highest BCUT2D eigenvalue weighted by Gasteiger charge is 2.18. The Morgan fingerprint density at radius 2 is 1.80 bits per heavy atom. The first-order chi connectivity index (χ1) is 9.56. The van der Waals surface area contributed by atoms with Crippen LogP contribution in [0.1, 0.15) is 0 Å². The minimum absolute atomic E-state index is 0.00260. The van der Waals surface area contributed by atoms with Crippen molar-refractivity contribution in [2.45, 2.75) is 4.90 Å². The molecule has 2 heterocycles. The Balaban J connectivity index is 2.05. The van der Waals surface area contributed by atoms with Gasteiger partial charge in [-0.05, 0) is 18.2 Å². The number of aromatic nitrogens is 3. The lowest BCUT2D eigenvalue weighted by molar-refractivity contribution is 0.601. The summed E-state index contributed by atoms with van der Waals surface area (Å²) in [5.74, 6) is 0.00608. The lowest BCUT2D eigenvalue weighted by Crippen LogP contribution is -2.14. The van der Waals surface area contributed by atoms with Gasteiger partial charge in [0.05, 0.1) is 11.0 Å². The first kappa shape index (κ1) is 12.9. The van der Waals surface area contributed by atoms with Crippen LogP contribution in [0.25, 0.3) is 11.0 Å². The second-order valence-electron chi connectivity index (χ2n) is 4.00. The number of hydrogen-bond donors (Lipinski definition) is 2. The maximum Gasteiger partial charge on any atom is 0.264 e. The molecule has 8 heteroatoms. The fourth-order valence-electron chi connectivity index (χ4n) is 1.71. The molecule has 2 aromatic heterocycles. The predicted octanol–water partition coefficient (Wildman–Crippen LogP) is 2.41. The van der Waals surface area contributed by atoms with E-state index in [-0.39, 0.29) is 15.9 Å². The quantitative estimate of drug-likeness (QED) is 0.777. The number of para-hydroxylation sites is 2. The van der Waals surface area contributed by atoms with Crippen LogP contribution in [0.4, 0.5) is 5.82 Å². The first-order valence-corrected chi connectivity index (χ1v) is 7.50. The van der Waals surface area contributed by atoms with Crippen molar-refractivity contribution < 1.29 is 8.42 Å². The van der Waals surface area contributed by atoms with E-state index in [1.54, 1.807) is 24.3 Å². The van der Waals surface area contributed by atoms with Crippen LogP contribution in [-0.4, -0.2) is 23.4 Å². The molecule has 0 fully saturated rings. The maximum absolute atomic E-state index is 12.1. The smallest absolute Gasteiger partial charge is 0.264 e. The van der Waals surface area contributed by atoms with E-state index in [2.05, 4.69) is 19.7 Å². The highest BCUT2D eigenvalue weighted by atomic mass is 35.5. The molecule has 3 rings (SSSR count). The molecule has 0 aliphatic rings. The number of rotatable bonds is 3. The van der Waals surface area contributed by atoms with Crippen molar-refractivity contribution in [1.82, 2.24) is 15.0 Å². The topological polar surface area (TPSA) is 87.7 Å². The monoisotopic (exact) mass is 308 g/mol. The number of anilines is 1. The Hall–Kier alpha value is -2.12. The third kappa shape index (κ3) is 2.33. The van der Waals surface area contributed by atoms with Crippen molar-refractivity contribution in [1.29, 1.82) is 0 Å². The molecule has 102 valence electrons. The molecule has 6 nitrogen and oxygen atoms in total. The predicted molar refractivity (Wildman–Crippen MR) is 76.1 cm³/mol. The Morgan fingerprint density at radius 1 is 1.10 bits per heavy atom. The van der Waals surface area contributed by atoms with Gasteiger partial charge in [0.2, 0.25) is 0 Å². The average Bonchev–Trinajstić information content (AvgIpc) is 2.94. The zero-order valence-corrected chi connectivity index (χ0v) is 11.6. The third-order valence-electron chi connectivity index (χ3n) is 2.64. The number of nitrogens with one attached hydrogen (secondary N) is 2. The maximum atomic E-state index is 12.1. The van der Waals surface area contributed by atoms with E-state index in [1.807, 2.05) is 0 Å². The van der Waals surface area contributed by atoms with Gasteiger partial charge < -0.3 is 4.98 Å². The van der Waals surface area contributed by atoms with Crippen LogP contribution >= 0.6 is 11.6 Å². The molecule has 0 amide bonds. The standard InChI is InChI=1S/C12H9ClN4O2S/c13-11-12(16-10-4-2-1-3-9(10)15-11)17-20(18,19)8-5-6-14-7-8/h1-7,14H,(H,16,17). The van der Waals surface area contributed by atoms with Crippen LogP contribution in [-0.2, 0) is 10.0 Å². The molecule has 0 atom stereocenters. The van der Waals surface area contributed by atoms with Gasteiger partial charge in [-0.25, -0.2) is 18.4 Å². The summed E-state index contributed by atoms with van der Waals surface area (Å²) < 4.78 is 26.5. The first-order valence-electron chi connectivity index (χ1n) is 5.64. The van der Waals surface area contributed by atoms with Gasteiger partial charge in [-0.15, -0.1) is 0 Å². The van der Waals surface area contributed by atoms with Crippen LogP contribution in [0.3, 0.4) is 0 Å². The van der Waals surface area contributed by atoms with Crippen LogP contribution in [0.5, 0.6) is 0 Å². The van der Waals surface area contributed by atoms with Crippen molar-refractivity contribution in [3.8, 4) is 0 Å². The Bertz CT molecular complexity index is 862. The second-order valence-corrected chi connectivity index (χ2v) is 6.04. The highest BCUT2D eigenvalue weighted by Crippen LogP contribution is 2.23. The fourth-order valence-corrected chi connectivity index (χ4v) is 2.93. The second kappa shape index (κ2) is 4.77. The summed E-state index contributed by atoms with van der Waals surface area (Å²) in [6.07, 6.45) is 2.88. The molecular weight excluding hydrogens is 300 g/mol. The summed E-state index contributed by atoms with van der Waals surface area (Å²) in [6, 6.07) is 8.50. The molecular formula is C12H9ClN4O2S. The van der Waals surface area contributed by atoms with Crippen molar-refractivity contribution in [2.24, 2.45) is 0 Å². The number of halogens is 1. The largest absolute Gasteiger partial charge is 0.366 e. The minimum Gasteiger partial charge on any atom is -0.366 e. The van der Waals surface area contributed by atoms with E-state index >= 15 is 0 Å². The molecule has 1 aromatic carbocycles. The fraction of sp³-hybridized carbons (Fsp3) is 0. The Kier molecular flexibility index (Phi) is 3.07. The van der Waals surface area contributed by atoms with Crippen LogP contribution in [0.15, 0.2) is 47.6 Å². The van der Waals surface area contributed by atoms with E-state index in [0.29, 0.717) is 11.0 Å². The van der Waals surface area contributed by atoms with Gasteiger partial charge in [0.1, 0.15) is 4.90 Å². The Labute approximate surface area is 119 Å². The number of hydrogen-bond acceptors (Lipinski definition) is 4. The molecule has 3 aromatic rings. The molecule has 20 heavy (non-hydrogen) atoms. The van der Waals surface area contributed by atoms with Gasteiger partial charge in [-0.3, -0.25) is 4.72 Å². The van der Waals surface area contributed by atoms with Gasteiger partial charge in [0, 0.05) is 12.4 Å². The summed E-state index contributed by atoms with van der Waals surface area (Å²) >= 11 is 5.96. The van der Waals surface area contributed by atoms with Crippen LogP contribution in [0.2, 0.25) is 5.15 Å². The van der Waals surface area contributed by atoms with Crippen LogP contribution in [0, 0.1) is 0 Å². The molecule has 0 unspecified atom stereocenters. The number of fused-ring (bicyclic) bond motifs is 1. The lowest BCUT2D eigenvalue weighted by Gasteiger charge is -2.08. The average molecular weight is 309 g/mol. The van der Waals surface area contributed by atoms with Crippen molar-refractivity contribution in [3.05, 3.63) is 47.9 Å². The normalized spacial score (nSPS) is 11.7. The minimum atomic E-state index is -3.73. The van der Waals surface area contributed by atoms with E-state index in [9.17, 15) is 8.42 Å². The van der Waals surface area contributed by atoms with Crippen molar-refractivity contribution >= 4 is 38.5 Å². The van der Waals surface area contributed by atoms with Gasteiger partial charge >= 0.3 is 0 Å². The van der Waals surface area contributed by atoms with E-state index < -0.39 is 10.0 Å². The Morgan fingerprint density at radius 3 is 2.45 bits per heavy atom. The zero-order chi connectivity index (χ0) is 14.2. The van der Waals surface area contributed by atoms with E-state index in [4.69, 9.17) is 11.6 Å². The molecule has 0 bridgehead atoms. The lowest BCUT2D eigenvalue weighted by atomic mass is 10.3. The summed E-state index contributed by atoms with van der Waals surface area (Å²) in [5, 5.41) is 0.00260. The molecule has 0 spiro atoms. The van der Waals surface area contributed by atoms with Crippen molar-refractivity contribution in [3.63, 3.8) is 0 Å². The van der Waals surface area contributed by atoms with Crippen LogP contribution < -0.4 is 4.72 Å².